The van der Waals surface area contributed by atoms with Crippen LogP contribution in [0, 0.1) is 0 Å². The predicted octanol–water partition coefficient (Wildman–Crippen LogP) is 1.78. The summed E-state index contributed by atoms with van der Waals surface area (Å²) in [4.78, 5) is 5.05. The Balaban J connectivity index is 1.65. The molecule has 0 saturated heterocycles. The van der Waals surface area contributed by atoms with Gasteiger partial charge in [-0.05, 0) is 30.7 Å². The Morgan fingerprint density at radius 3 is 3.09 bits per heavy atom. The van der Waals surface area contributed by atoms with Gasteiger partial charge in [0.1, 0.15) is 5.25 Å². The third kappa shape index (κ3) is 3.22. The van der Waals surface area contributed by atoms with Crippen LogP contribution in [0.5, 0.6) is 0 Å². The molecule has 2 atom stereocenters. The van der Waals surface area contributed by atoms with Crippen molar-refractivity contribution in [3.8, 4) is 10.8 Å². The van der Waals surface area contributed by atoms with E-state index in [0.29, 0.717) is 18.1 Å². The van der Waals surface area contributed by atoms with Crippen LogP contribution in [0.3, 0.4) is 0 Å². The number of sulfonamides is 1. The number of ether oxygens (including phenoxy) is 1. The molecule has 120 valence electrons. The summed E-state index contributed by atoms with van der Waals surface area (Å²) >= 11 is 1.49. The van der Waals surface area contributed by atoms with Gasteiger partial charge < -0.3 is 9.26 Å². The van der Waals surface area contributed by atoms with Crippen LogP contribution in [0.4, 0.5) is 0 Å². The van der Waals surface area contributed by atoms with Crippen molar-refractivity contribution in [1.82, 2.24) is 14.9 Å². The zero-order valence-corrected chi connectivity index (χ0v) is 13.7. The summed E-state index contributed by atoms with van der Waals surface area (Å²) in [6.07, 6.45) is 1.99. The molecule has 2 aromatic rings. The summed E-state index contributed by atoms with van der Waals surface area (Å²) in [5.74, 6) is 0.721. The van der Waals surface area contributed by atoms with Crippen molar-refractivity contribution in [2.75, 3.05) is 7.11 Å². The van der Waals surface area contributed by atoms with Gasteiger partial charge in [-0.2, -0.15) is 4.98 Å². The van der Waals surface area contributed by atoms with Crippen molar-refractivity contribution in [3.63, 3.8) is 0 Å². The number of hydrogen-bond acceptors (Lipinski definition) is 7. The zero-order chi connectivity index (χ0) is 15.6. The van der Waals surface area contributed by atoms with Crippen LogP contribution < -0.4 is 4.72 Å². The minimum absolute atomic E-state index is 0.0180. The fraction of sp³-hybridized carbons (Fsp3) is 0.538. The van der Waals surface area contributed by atoms with Crippen molar-refractivity contribution >= 4 is 21.4 Å². The first-order valence-electron chi connectivity index (χ1n) is 6.98. The summed E-state index contributed by atoms with van der Waals surface area (Å²) in [6, 6.07) is 3.76. The highest BCUT2D eigenvalue weighted by Crippen LogP contribution is 2.27. The first kappa shape index (κ1) is 15.6. The molecule has 0 amide bonds. The maximum Gasteiger partial charge on any atom is 0.268 e. The van der Waals surface area contributed by atoms with Crippen LogP contribution in [-0.2, 0) is 21.3 Å². The third-order valence-corrected chi connectivity index (χ3v) is 6.47. The van der Waals surface area contributed by atoms with E-state index in [1.165, 1.54) is 11.3 Å². The van der Waals surface area contributed by atoms with Crippen LogP contribution in [0.2, 0.25) is 0 Å². The van der Waals surface area contributed by atoms with Crippen molar-refractivity contribution in [3.05, 3.63) is 23.3 Å². The number of nitrogens with zero attached hydrogens (tertiary/aromatic N) is 2. The lowest BCUT2D eigenvalue weighted by Gasteiger charge is -2.18. The molecule has 9 heteroatoms. The molecular formula is C13H17N3O4S2. The Morgan fingerprint density at radius 1 is 1.50 bits per heavy atom. The largest absolute Gasteiger partial charge is 0.380 e. The van der Waals surface area contributed by atoms with Crippen molar-refractivity contribution in [2.45, 2.75) is 37.2 Å². The molecule has 0 aliphatic heterocycles. The minimum Gasteiger partial charge on any atom is -0.380 e. The molecule has 7 nitrogen and oxygen atoms in total. The second-order valence-electron chi connectivity index (χ2n) is 5.10. The monoisotopic (exact) mass is 343 g/mol. The predicted molar refractivity (Wildman–Crippen MR) is 81.8 cm³/mol. The van der Waals surface area contributed by atoms with E-state index in [1.54, 1.807) is 7.11 Å². The molecule has 1 aliphatic carbocycles. The van der Waals surface area contributed by atoms with Crippen molar-refractivity contribution < 1.29 is 17.7 Å². The second kappa shape index (κ2) is 6.45. The average molecular weight is 343 g/mol. The van der Waals surface area contributed by atoms with Gasteiger partial charge in [-0.25, -0.2) is 13.1 Å². The van der Waals surface area contributed by atoms with Gasteiger partial charge in [-0.15, -0.1) is 11.3 Å². The number of methoxy groups -OCH3 is 1. The highest BCUT2D eigenvalue weighted by Gasteiger charge is 2.37. The number of nitrogens with one attached hydrogen (secondary N) is 1. The van der Waals surface area contributed by atoms with E-state index in [0.717, 1.165) is 17.7 Å². The SMILES string of the molecule is CO[C@@H]1CCC[C@H]1S(=O)(=O)NCc1noc(-c2cccs2)n1. The summed E-state index contributed by atoms with van der Waals surface area (Å²) in [5.41, 5.74) is 0. The molecule has 3 rings (SSSR count). The molecule has 2 aromatic heterocycles. The average Bonchev–Trinajstić information content (AvgIpc) is 3.23. The lowest BCUT2D eigenvalue weighted by atomic mass is 10.3. The molecule has 0 aromatic carbocycles. The molecule has 0 unspecified atom stereocenters. The maximum absolute atomic E-state index is 12.3. The summed E-state index contributed by atoms with van der Waals surface area (Å²) in [5, 5.41) is 5.20. The van der Waals surface area contributed by atoms with Crippen LogP contribution in [0.25, 0.3) is 10.8 Å². The molecule has 1 fully saturated rings. The standard InChI is InChI=1S/C13H17N3O4S2/c1-19-9-4-2-6-11(9)22(17,18)14-8-12-15-13(20-16-12)10-5-3-7-21-10/h3,5,7,9,11,14H,2,4,6,8H2,1H3/t9-,11-/m1/s1. The van der Waals surface area contributed by atoms with Crippen LogP contribution in [-0.4, -0.2) is 37.0 Å². The Kier molecular flexibility index (Phi) is 4.57. The Morgan fingerprint density at radius 2 is 2.36 bits per heavy atom. The second-order valence-corrected chi connectivity index (χ2v) is 8.03. The van der Waals surface area contributed by atoms with Gasteiger partial charge in [0, 0.05) is 7.11 Å². The fourth-order valence-corrected chi connectivity index (χ4v) is 4.93. The van der Waals surface area contributed by atoms with E-state index in [9.17, 15) is 8.42 Å². The Bertz CT molecular complexity index is 711. The number of hydrogen-bond donors (Lipinski definition) is 1. The van der Waals surface area contributed by atoms with Gasteiger partial charge in [0.05, 0.1) is 17.5 Å². The molecule has 2 heterocycles. The summed E-state index contributed by atoms with van der Waals surface area (Å²) in [7, 11) is -1.91. The number of rotatable bonds is 6. The van der Waals surface area contributed by atoms with Gasteiger partial charge in [-0.1, -0.05) is 11.2 Å². The van der Waals surface area contributed by atoms with E-state index in [1.807, 2.05) is 17.5 Å². The van der Waals surface area contributed by atoms with E-state index < -0.39 is 15.3 Å². The van der Waals surface area contributed by atoms with Gasteiger partial charge in [0.15, 0.2) is 5.82 Å². The Labute approximate surface area is 132 Å². The summed E-state index contributed by atoms with van der Waals surface area (Å²) in [6.45, 7) is 0.0180. The lowest BCUT2D eigenvalue weighted by molar-refractivity contribution is 0.111. The number of aromatic nitrogens is 2. The van der Waals surface area contributed by atoms with E-state index in [-0.39, 0.29) is 12.6 Å². The van der Waals surface area contributed by atoms with Gasteiger partial charge in [0.2, 0.25) is 10.0 Å². The quantitative estimate of drug-likeness (QED) is 0.859. The van der Waals surface area contributed by atoms with Gasteiger partial charge in [0.25, 0.3) is 5.89 Å². The van der Waals surface area contributed by atoms with Crippen LogP contribution in [0.1, 0.15) is 25.1 Å². The maximum atomic E-state index is 12.3. The first-order chi connectivity index (χ1) is 10.6. The van der Waals surface area contributed by atoms with E-state index >= 15 is 0 Å². The molecule has 0 spiro atoms. The van der Waals surface area contributed by atoms with E-state index in [2.05, 4.69) is 14.9 Å². The molecular weight excluding hydrogens is 326 g/mol. The third-order valence-electron chi connectivity index (χ3n) is 3.72. The fourth-order valence-electron chi connectivity index (χ4n) is 2.61. The first-order valence-corrected chi connectivity index (χ1v) is 9.40. The van der Waals surface area contributed by atoms with Crippen molar-refractivity contribution in [1.29, 1.82) is 0 Å². The van der Waals surface area contributed by atoms with Crippen LogP contribution in [0.15, 0.2) is 22.0 Å². The normalized spacial score (nSPS) is 22.2. The Hall–Kier alpha value is -1.29. The highest BCUT2D eigenvalue weighted by atomic mass is 32.2. The number of thiophene rings is 1. The molecule has 0 radical (unpaired) electrons. The van der Waals surface area contributed by atoms with Gasteiger partial charge in [-0.3, -0.25) is 0 Å². The highest BCUT2D eigenvalue weighted by molar-refractivity contribution is 7.90. The van der Waals surface area contributed by atoms with Crippen LogP contribution >= 0.6 is 11.3 Å². The molecule has 0 bridgehead atoms. The smallest absolute Gasteiger partial charge is 0.268 e. The minimum atomic E-state index is -3.46. The van der Waals surface area contributed by atoms with Gasteiger partial charge >= 0.3 is 0 Å². The molecule has 1 aliphatic rings. The zero-order valence-electron chi connectivity index (χ0n) is 12.1. The topological polar surface area (TPSA) is 94.3 Å². The molecule has 22 heavy (non-hydrogen) atoms. The molecule has 1 saturated carbocycles. The summed E-state index contributed by atoms with van der Waals surface area (Å²) < 4.78 is 37.6. The van der Waals surface area contributed by atoms with Crippen molar-refractivity contribution in [2.24, 2.45) is 0 Å². The molecule has 1 N–H and O–H groups in total. The lowest BCUT2D eigenvalue weighted by Crippen LogP contribution is -2.39. The van der Waals surface area contributed by atoms with E-state index in [4.69, 9.17) is 9.26 Å².